The first kappa shape index (κ1) is 7.41. The van der Waals surface area contributed by atoms with Crippen molar-refractivity contribution >= 4 is 10.4 Å². The van der Waals surface area contributed by atoms with E-state index in [1.807, 2.05) is 0 Å². The number of hydrogen-bond acceptors (Lipinski definition) is 5. The molecular formula is O5SV. The van der Waals surface area contributed by atoms with Crippen LogP contribution in [0.2, 0.25) is 0 Å². The van der Waals surface area contributed by atoms with E-state index in [0.29, 0.717) is 0 Å². The van der Waals surface area contributed by atoms with Crippen LogP contribution in [-0.4, -0.2) is 8.42 Å². The maximum absolute atomic E-state index is 9.52. The molecule has 0 aromatic heterocycles. The van der Waals surface area contributed by atoms with Gasteiger partial charge in [0.15, 0.2) is 0 Å². The molecule has 5 nitrogen and oxygen atoms in total. The van der Waals surface area contributed by atoms with Crippen molar-refractivity contribution in [2.45, 2.75) is 0 Å². The predicted molar refractivity (Wildman–Crippen MR) is 12.2 cm³/mol. The zero-order valence-electron chi connectivity index (χ0n) is 2.90. The quantitative estimate of drug-likeness (QED) is 0.434. The Morgan fingerprint density at radius 2 is 1.43 bits per heavy atom. The van der Waals surface area contributed by atoms with Gasteiger partial charge in [-0.3, -0.25) is 0 Å². The van der Waals surface area contributed by atoms with Gasteiger partial charge in [-0.1, -0.05) is 0 Å². The third-order valence-corrected chi connectivity index (χ3v) is 0.667. The first-order valence-electron chi connectivity index (χ1n) is 1.00. The van der Waals surface area contributed by atoms with Crippen molar-refractivity contribution in [3.63, 3.8) is 0 Å². The summed E-state index contributed by atoms with van der Waals surface area (Å²) in [4.78, 5) is 0. The Kier molecular flexibility index (Phi) is 2.25. The monoisotopic (exact) mass is 163 g/mol. The fourth-order valence-corrected chi connectivity index (χ4v) is 0.219. The van der Waals surface area contributed by atoms with E-state index in [2.05, 4.69) is 13.7 Å². The second kappa shape index (κ2) is 2.12. The van der Waals surface area contributed by atoms with Gasteiger partial charge in [0.1, 0.15) is 0 Å². The Bertz CT molecular complexity index is 122. The predicted octanol–water partition coefficient (Wildman–Crippen LogP) is -0.878. The van der Waals surface area contributed by atoms with Gasteiger partial charge in [-0.05, 0) is 13.7 Å². The summed E-state index contributed by atoms with van der Waals surface area (Å²) in [7, 11) is -3.70. The Balaban J connectivity index is 0.000000360. The van der Waals surface area contributed by atoms with Gasteiger partial charge in [-0.15, -0.1) is 0 Å². The molecule has 0 aromatic rings. The molecule has 41 valence electrons. The summed E-state index contributed by atoms with van der Waals surface area (Å²) in [6.45, 7) is 0. The van der Waals surface area contributed by atoms with Crippen LogP contribution in [0, 0.1) is 0 Å². The molecule has 0 spiro atoms. The van der Waals surface area contributed by atoms with Gasteiger partial charge in [-0.2, -0.15) is 8.42 Å². The van der Waals surface area contributed by atoms with Gasteiger partial charge in [0.2, 0.25) is 0 Å². The molecule has 0 aromatic carbocycles. The van der Waals surface area contributed by atoms with E-state index in [1.165, 1.54) is 0 Å². The van der Waals surface area contributed by atoms with Crippen LogP contribution in [0.25, 0.3) is 0 Å². The summed E-state index contributed by atoms with van der Waals surface area (Å²) < 4.78 is 25.8. The minimum atomic E-state index is -3.70. The van der Waals surface area contributed by atoms with Crippen molar-refractivity contribution in [3.05, 3.63) is 0 Å². The van der Waals surface area contributed by atoms with Crippen molar-refractivity contribution in [2.75, 3.05) is 0 Å². The van der Waals surface area contributed by atoms with E-state index in [-0.39, 0.29) is 18.6 Å². The minimum Gasteiger partial charge on any atom is -0.164 e. The molecule has 0 unspecified atom stereocenters. The molecule has 7 heteroatoms. The third-order valence-electron chi connectivity index (χ3n) is 0.222. The third kappa shape index (κ3) is 1.77. The van der Waals surface area contributed by atoms with Crippen LogP contribution in [0.15, 0.2) is 0 Å². The van der Waals surface area contributed by atoms with Crippen molar-refractivity contribution in [1.29, 1.82) is 0 Å². The SMILES string of the molecule is O=S1(=O)OOO1.[V]. The second-order valence-electron chi connectivity index (χ2n) is 0.612. The fourth-order valence-electron chi connectivity index (χ4n) is 0.0731. The topological polar surface area (TPSA) is 61.8 Å². The molecule has 1 rings (SSSR count). The van der Waals surface area contributed by atoms with E-state index in [1.54, 1.807) is 0 Å². The standard InChI is InChI=1S/O5S.V/c1-6(2)4-3-5-6;. The molecule has 0 N–H and O–H groups in total. The van der Waals surface area contributed by atoms with E-state index in [4.69, 9.17) is 0 Å². The van der Waals surface area contributed by atoms with Crippen LogP contribution in [-0.2, 0) is 42.7 Å². The molecule has 7 heavy (non-hydrogen) atoms. The zero-order chi connectivity index (χ0) is 4.62. The normalized spacial score (nSPS) is 24.6. The maximum atomic E-state index is 9.52. The van der Waals surface area contributed by atoms with Crippen LogP contribution >= 0.6 is 0 Å². The zero-order valence-corrected chi connectivity index (χ0v) is 5.11. The van der Waals surface area contributed by atoms with Gasteiger partial charge < -0.3 is 0 Å². The van der Waals surface area contributed by atoms with Gasteiger partial charge >= 0.3 is 10.4 Å². The van der Waals surface area contributed by atoms with E-state index in [9.17, 15) is 8.42 Å². The second-order valence-corrected chi connectivity index (χ2v) is 1.70. The summed E-state index contributed by atoms with van der Waals surface area (Å²) in [5.74, 6) is 0. The summed E-state index contributed by atoms with van der Waals surface area (Å²) in [5, 5.41) is 3.35. The van der Waals surface area contributed by atoms with Gasteiger partial charge in [0.25, 0.3) is 0 Å². The van der Waals surface area contributed by atoms with Crippen molar-refractivity contribution in [2.24, 2.45) is 0 Å². The average Bonchev–Trinajstić information content (AvgIpc) is 1.32. The number of rotatable bonds is 0. The molecule has 1 fully saturated rings. The Hall–Kier alpha value is 0.414. The summed E-state index contributed by atoms with van der Waals surface area (Å²) in [6.07, 6.45) is 0. The first-order chi connectivity index (χ1) is 2.71. The van der Waals surface area contributed by atoms with Gasteiger partial charge in [-0.25, -0.2) is 0 Å². The molecule has 0 atom stereocenters. The molecular weight excluding hydrogens is 163 g/mol. The van der Waals surface area contributed by atoms with Crippen LogP contribution < -0.4 is 0 Å². The first-order valence-corrected chi connectivity index (χ1v) is 2.33. The van der Waals surface area contributed by atoms with Crippen LogP contribution in [0.3, 0.4) is 0 Å². The molecule has 1 aliphatic rings. The summed E-state index contributed by atoms with van der Waals surface area (Å²) in [6, 6.07) is 0. The van der Waals surface area contributed by atoms with Gasteiger partial charge in [0.05, 0.1) is 0 Å². The molecule has 1 radical (unpaired) electrons. The Morgan fingerprint density at radius 1 is 1.14 bits per heavy atom. The largest absolute Gasteiger partial charge is 0.457 e. The molecule has 0 amide bonds. The summed E-state index contributed by atoms with van der Waals surface area (Å²) in [5.41, 5.74) is 0. The smallest absolute Gasteiger partial charge is 0.164 e. The van der Waals surface area contributed by atoms with Gasteiger partial charge in [0, 0.05) is 18.6 Å². The maximum Gasteiger partial charge on any atom is 0.457 e. The minimum absolute atomic E-state index is 0. The number of hydrogen-bond donors (Lipinski definition) is 0. The molecule has 1 aliphatic heterocycles. The van der Waals surface area contributed by atoms with Crippen molar-refractivity contribution in [1.82, 2.24) is 0 Å². The molecule has 0 bridgehead atoms. The average molecular weight is 163 g/mol. The molecule has 1 heterocycles. The molecule has 1 saturated heterocycles. The van der Waals surface area contributed by atoms with Crippen LogP contribution in [0.5, 0.6) is 0 Å². The van der Waals surface area contributed by atoms with E-state index in [0.717, 1.165) is 0 Å². The van der Waals surface area contributed by atoms with Crippen LogP contribution in [0.4, 0.5) is 0 Å². The van der Waals surface area contributed by atoms with E-state index >= 15 is 0 Å². The fraction of sp³-hybridized carbons (Fsp3) is 0. The molecule has 0 saturated carbocycles. The molecule has 0 aliphatic carbocycles. The Morgan fingerprint density at radius 3 is 1.43 bits per heavy atom. The van der Waals surface area contributed by atoms with Crippen molar-refractivity contribution in [3.8, 4) is 0 Å². The summed E-state index contributed by atoms with van der Waals surface area (Å²) >= 11 is 0. The Labute approximate surface area is 51.6 Å². The van der Waals surface area contributed by atoms with Crippen LogP contribution in [0.1, 0.15) is 0 Å². The van der Waals surface area contributed by atoms with E-state index < -0.39 is 10.4 Å². The van der Waals surface area contributed by atoms with Crippen molar-refractivity contribution < 1.29 is 40.7 Å².